The van der Waals surface area contributed by atoms with E-state index in [4.69, 9.17) is 0 Å². The van der Waals surface area contributed by atoms with Crippen molar-refractivity contribution in [2.75, 3.05) is 18.1 Å². The molecule has 82 valence electrons. The van der Waals surface area contributed by atoms with Crippen molar-refractivity contribution in [1.82, 2.24) is 5.32 Å². The quantitative estimate of drug-likeness (QED) is 0.529. The van der Waals surface area contributed by atoms with Crippen LogP contribution < -0.4 is 5.32 Å². The summed E-state index contributed by atoms with van der Waals surface area (Å²) in [4.78, 5) is 0. The van der Waals surface area contributed by atoms with Crippen LogP contribution in [0.3, 0.4) is 0 Å². The van der Waals surface area contributed by atoms with Crippen LogP contribution in [0.25, 0.3) is 0 Å². The van der Waals surface area contributed by atoms with E-state index < -0.39 is 9.84 Å². The number of nitrogens with one attached hydrogen (secondary N) is 1. The van der Waals surface area contributed by atoms with Crippen LogP contribution in [0.4, 0.5) is 0 Å². The lowest BCUT2D eigenvalue weighted by Crippen LogP contribution is -2.34. The zero-order valence-electron chi connectivity index (χ0n) is 9.13. The van der Waals surface area contributed by atoms with Crippen LogP contribution >= 0.6 is 0 Å². The molecule has 0 aliphatic carbocycles. The van der Waals surface area contributed by atoms with E-state index in [2.05, 4.69) is 17.2 Å². The monoisotopic (exact) mass is 217 g/mol. The summed E-state index contributed by atoms with van der Waals surface area (Å²) in [6, 6.07) is 0.0126. The van der Waals surface area contributed by atoms with Gasteiger partial charge in [0, 0.05) is 24.8 Å². The molecule has 3 nitrogen and oxygen atoms in total. The van der Waals surface area contributed by atoms with E-state index in [1.165, 1.54) is 0 Å². The Labute approximate surface area is 87.2 Å². The summed E-state index contributed by atoms with van der Waals surface area (Å²) >= 11 is 0. The van der Waals surface area contributed by atoms with Gasteiger partial charge in [0.25, 0.3) is 0 Å². The second-order valence-electron chi connectivity index (χ2n) is 3.23. The van der Waals surface area contributed by atoms with E-state index in [9.17, 15) is 8.42 Å². The molecule has 14 heavy (non-hydrogen) atoms. The highest BCUT2D eigenvalue weighted by Crippen LogP contribution is 1.94. The molecule has 0 aromatic rings. The van der Waals surface area contributed by atoms with E-state index in [0.717, 1.165) is 13.0 Å². The maximum absolute atomic E-state index is 11.2. The second-order valence-corrected chi connectivity index (χ2v) is 5.63. The van der Waals surface area contributed by atoms with Gasteiger partial charge in [0.15, 0.2) is 9.84 Å². The van der Waals surface area contributed by atoms with Gasteiger partial charge in [0.05, 0.1) is 5.75 Å². The molecular formula is C10H19NO2S. The molecule has 0 fully saturated rings. The lowest BCUT2D eigenvalue weighted by molar-refractivity contribution is 0.562. The van der Waals surface area contributed by atoms with Gasteiger partial charge in [0.2, 0.25) is 0 Å². The van der Waals surface area contributed by atoms with Crippen molar-refractivity contribution in [1.29, 1.82) is 0 Å². The Balaban J connectivity index is 3.74. The fraction of sp³-hybridized carbons (Fsp3) is 0.800. The first-order chi connectivity index (χ1) is 6.52. The average molecular weight is 217 g/mol. The van der Waals surface area contributed by atoms with Crippen LogP contribution in [0.2, 0.25) is 0 Å². The third-order valence-electron chi connectivity index (χ3n) is 1.86. The van der Waals surface area contributed by atoms with Gasteiger partial charge in [-0.3, -0.25) is 0 Å². The molecule has 0 rings (SSSR count). The van der Waals surface area contributed by atoms with Gasteiger partial charge in [-0.05, 0) is 13.8 Å². The summed E-state index contributed by atoms with van der Waals surface area (Å²) in [5, 5.41) is 3.13. The summed E-state index contributed by atoms with van der Waals surface area (Å²) < 4.78 is 22.5. The van der Waals surface area contributed by atoms with Crippen molar-refractivity contribution < 1.29 is 8.42 Å². The molecule has 0 aliphatic heterocycles. The van der Waals surface area contributed by atoms with Crippen LogP contribution in [0.5, 0.6) is 0 Å². The molecule has 0 aromatic carbocycles. The van der Waals surface area contributed by atoms with Crippen molar-refractivity contribution in [2.45, 2.75) is 33.2 Å². The third-order valence-corrected chi connectivity index (χ3v) is 3.75. The molecule has 0 saturated heterocycles. The summed E-state index contributed by atoms with van der Waals surface area (Å²) in [7, 11) is -2.86. The molecule has 0 radical (unpaired) electrons. The van der Waals surface area contributed by atoms with E-state index in [1.807, 2.05) is 6.92 Å². The average Bonchev–Trinajstić information content (AvgIpc) is 2.12. The van der Waals surface area contributed by atoms with Gasteiger partial charge in [-0.25, -0.2) is 8.42 Å². The minimum absolute atomic E-state index is 0.0126. The van der Waals surface area contributed by atoms with Crippen LogP contribution in [0.1, 0.15) is 27.2 Å². The van der Waals surface area contributed by atoms with Crippen LogP contribution in [0, 0.1) is 11.8 Å². The van der Waals surface area contributed by atoms with Gasteiger partial charge in [-0.2, -0.15) is 0 Å². The summed E-state index contributed by atoms with van der Waals surface area (Å²) in [6.07, 6.45) is 0.771. The molecular weight excluding hydrogens is 198 g/mol. The summed E-state index contributed by atoms with van der Waals surface area (Å²) in [6.45, 7) is 6.10. The molecule has 1 atom stereocenters. The Bertz CT molecular complexity index is 298. The Hall–Kier alpha value is -0.530. The van der Waals surface area contributed by atoms with Gasteiger partial charge < -0.3 is 5.32 Å². The van der Waals surface area contributed by atoms with Crippen LogP contribution in [-0.2, 0) is 9.84 Å². The molecule has 0 aromatic heterocycles. The standard InChI is InChI=1S/C10H19NO2S/c1-4-6-7-8-11-10(3)9-14(12,13)5-2/h10-11H,5,7-9H2,1-3H3. The molecule has 0 bridgehead atoms. The first kappa shape index (κ1) is 13.5. The SMILES string of the molecule is CC#CCCNC(C)CS(=O)(=O)CC. The minimum Gasteiger partial charge on any atom is -0.312 e. The molecule has 0 saturated carbocycles. The maximum atomic E-state index is 11.2. The van der Waals surface area contributed by atoms with Gasteiger partial charge in [-0.15, -0.1) is 11.8 Å². The number of rotatable bonds is 6. The van der Waals surface area contributed by atoms with E-state index in [1.54, 1.807) is 13.8 Å². The first-order valence-corrected chi connectivity index (χ1v) is 6.67. The summed E-state index contributed by atoms with van der Waals surface area (Å²) in [5.74, 6) is 6.14. The number of hydrogen-bond acceptors (Lipinski definition) is 3. The molecule has 0 aliphatic rings. The molecule has 1 unspecified atom stereocenters. The molecule has 4 heteroatoms. The van der Waals surface area contributed by atoms with Gasteiger partial charge >= 0.3 is 0 Å². The molecule has 0 heterocycles. The fourth-order valence-corrected chi connectivity index (χ4v) is 2.18. The van der Waals surface area contributed by atoms with Crippen molar-refractivity contribution in [3.63, 3.8) is 0 Å². The predicted octanol–water partition coefficient (Wildman–Crippen LogP) is 0.813. The van der Waals surface area contributed by atoms with Crippen LogP contribution in [-0.4, -0.2) is 32.5 Å². The lowest BCUT2D eigenvalue weighted by Gasteiger charge is -2.11. The largest absolute Gasteiger partial charge is 0.312 e. The second kappa shape index (κ2) is 6.86. The fourth-order valence-electron chi connectivity index (χ4n) is 1.06. The third kappa shape index (κ3) is 6.93. The van der Waals surface area contributed by atoms with E-state index in [0.29, 0.717) is 0 Å². The van der Waals surface area contributed by atoms with E-state index >= 15 is 0 Å². The lowest BCUT2D eigenvalue weighted by atomic mass is 10.3. The zero-order valence-corrected chi connectivity index (χ0v) is 9.95. The van der Waals surface area contributed by atoms with Crippen molar-refractivity contribution in [3.8, 4) is 11.8 Å². The topological polar surface area (TPSA) is 46.2 Å². The Morgan fingerprint density at radius 1 is 1.43 bits per heavy atom. The number of hydrogen-bond donors (Lipinski definition) is 1. The Kier molecular flexibility index (Phi) is 6.60. The predicted molar refractivity (Wildman–Crippen MR) is 59.9 cm³/mol. The highest BCUT2D eigenvalue weighted by molar-refractivity contribution is 7.91. The highest BCUT2D eigenvalue weighted by atomic mass is 32.2. The Morgan fingerprint density at radius 3 is 2.57 bits per heavy atom. The molecule has 1 N–H and O–H groups in total. The smallest absolute Gasteiger partial charge is 0.151 e. The molecule has 0 spiro atoms. The zero-order chi connectivity index (χ0) is 11.0. The Morgan fingerprint density at radius 2 is 2.07 bits per heavy atom. The first-order valence-electron chi connectivity index (χ1n) is 4.85. The van der Waals surface area contributed by atoms with Crippen molar-refractivity contribution in [2.24, 2.45) is 0 Å². The van der Waals surface area contributed by atoms with E-state index in [-0.39, 0.29) is 17.5 Å². The minimum atomic E-state index is -2.86. The molecule has 0 amide bonds. The van der Waals surface area contributed by atoms with Crippen molar-refractivity contribution >= 4 is 9.84 Å². The number of sulfone groups is 1. The maximum Gasteiger partial charge on any atom is 0.151 e. The van der Waals surface area contributed by atoms with Crippen LogP contribution in [0.15, 0.2) is 0 Å². The van der Waals surface area contributed by atoms with Gasteiger partial charge in [-0.1, -0.05) is 6.92 Å². The highest BCUT2D eigenvalue weighted by Gasteiger charge is 2.12. The van der Waals surface area contributed by atoms with Gasteiger partial charge in [0.1, 0.15) is 0 Å². The normalized spacial score (nSPS) is 13.1. The summed E-state index contributed by atoms with van der Waals surface area (Å²) in [5.41, 5.74) is 0. The van der Waals surface area contributed by atoms with Crippen molar-refractivity contribution in [3.05, 3.63) is 0 Å².